The number of halogens is 4. The number of benzene rings is 3. The molecule has 1 atom stereocenters. The lowest BCUT2D eigenvalue weighted by Crippen LogP contribution is -2.20. The van der Waals surface area contributed by atoms with Gasteiger partial charge in [0.25, 0.3) is 0 Å². The first-order valence-corrected chi connectivity index (χ1v) is 11.4. The maximum absolute atomic E-state index is 13.2. The Hall–Kier alpha value is -0.980. The molecular formula is C21H14BrCl2FOS2. The van der Waals surface area contributed by atoms with Gasteiger partial charge < -0.3 is 0 Å². The quantitative estimate of drug-likeness (QED) is 0.232. The van der Waals surface area contributed by atoms with E-state index in [1.165, 1.54) is 11.8 Å². The van der Waals surface area contributed by atoms with E-state index in [0.29, 0.717) is 26.9 Å². The fourth-order valence-electron chi connectivity index (χ4n) is 2.61. The number of carbonyl (C=O) groups excluding carboxylic acids is 1. The Balaban J connectivity index is 1.89. The van der Waals surface area contributed by atoms with Crippen molar-refractivity contribution in [3.8, 4) is 0 Å². The molecule has 1 nitrogen and oxygen atoms in total. The van der Waals surface area contributed by atoms with Crippen LogP contribution in [0.2, 0.25) is 10.0 Å². The molecule has 1 unspecified atom stereocenters. The molecule has 3 aromatic rings. The van der Waals surface area contributed by atoms with Crippen LogP contribution in [0.3, 0.4) is 0 Å². The van der Waals surface area contributed by atoms with E-state index in [9.17, 15) is 8.68 Å². The highest BCUT2D eigenvalue weighted by atomic mass is 79.9. The van der Waals surface area contributed by atoms with E-state index < -0.39 is 0 Å². The molecule has 3 rings (SSSR count). The van der Waals surface area contributed by atoms with Crippen molar-refractivity contribution in [3.63, 3.8) is 0 Å². The van der Waals surface area contributed by atoms with Gasteiger partial charge in [0.15, 0.2) is 5.78 Å². The van der Waals surface area contributed by atoms with E-state index in [0.717, 1.165) is 14.9 Å². The first-order chi connectivity index (χ1) is 13.5. The fourth-order valence-corrected chi connectivity index (χ4v) is 4.73. The van der Waals surface area contributed by atoms with Crippen molar-refractivity contribution in [2.45, 2.75) is 21.5 Å². The average Bonchev–Trinajstić information content (AvgIpc) is 2.70. The Bertz CT molecular complexity index is 965. The van der Waals surface area contributed by atoms with Gasteiger partial charge >= 0.3 is 0 Å². The van der Waals surface area contributed by atoms with E-state index in [1.807, 2.05) is 30.3 Å². The number of thioether (sulfide) groups is 1. The molecule has 0 aliphatic carbocycles. The second kappa shape index (κ2) is 10.2. The number of hydrogen-bond donors (Lipinski definition) is 0. The summed E-state index contributed by atoms with van der Waals surface area (Å²) in [6.45, 7) is 0. The molecule has 0 N–H and O–H groups in total. The summed E-state index contributed by atoms with van der Waals surface area (Å²) in [6.07, 6.45) is 0.454. The largest absolute Gasteiger partial charge is 0.293 e. The summed E-state index contributed by atoms with van der Waals surface area (Å²) in [4.78, 5) is 14.6. The van der Waals surface area contributed by atoms with Gasteiger partial charge in [-0.3, -0.25) is 4.79 Å². The van der Waals surface area contributed by atoms with E-state index in [-0.39, 0.29) is 23.2 Å². The molecule has 144 valence electrons. The Kier molecular flexibility index (Phi) is 7.89. The second-order valence-electron chi connectivity index (χ2n) is 5.97. The van der Waals surface area contributed by atoms with Crippen LogP contribution in [0, 0.1) is 0 Å². The Morgan fingerprint density at radius 3 is 2.21 bits per heavy atom. The van der Waals surface area contributed by atoms with Crippen LogP contribution in [0.15, 0.2) is 81.0 Å². The molecule has 28 heavy (non-hydrogen) atoms. The lowest BCUT2D eigenvalue weighted by atomic mass is 10.0. The highest BCUT2D eigenvalue weighted by Gasteiger charge is 2.23. The van der Waals surface area contributed by atoms with Gasteiger partial charge in [-0.1, -0.05) is 57.3 Å². The molecule has 0 saturated carbocycles. The molecule has 3 aromatic carbocycles. The second-order valence-corrected chi connectivity index (χ2v) is 9.63. The number of carbonyl (C=O) groups is 1. The molecule has 0 saturated heterocycles. The first kappa shape index (κ1) is 21.7. The molecule has 7 heteroatoms. The minimum Gasteiger partial charge on any atom is -0.293 e. The molecule has 0 aliphatic heterocycles. The number of Topliss-reactive ketones (excluding diaryl/α,β-unsaturated/α-hetero) is 1. The van der Waals surface area contributed by atoms with Crippen molar-refractivity contribution >= 4 is 68.8 Å². The van der Waals surface area contributed by atoms with Crippen LogP contribution in [-0.4, -0.2) is 11.0 Å². The van der Waals surface area contributed by atoms with Crippen LogP contribution >= 0.6 is 63.0 Å². The standard InChI is InChI=1S/C21H14BrCl2FOS2/c22-15-4-9-17(10-5-15)27-20(11-14-1-6-16(23)12-19(14)24)21(26)13-2-7-18(28-25)8-3-13/h1-10,12,20H,11H2. The Labute approximate surface area is 190 Å². The van der Waals surface area contributed by atoms with Gasteiger partial charge in [0.2, 0.25) is 0 Å². The summed E-state index contributed by atoms with van der Waals surface area (Å²) < 4.78 is 13.7. The smallest absolute Gasteiger partial charge is 0.176 e. The molecule has 0 aliphatic rings. The zero-order valence-corrected chi connectivity index (χ0v) is 19.1. The Morgan fingerprint density at radius 2 is 1.61 bits per heavy atom. The maximum Gasteiger partial charge on any atom is 0.176 e. The minimum absolute atomic E-state index is 0.0330. The lowest BCUT2D eigenvalue weighted by Gasteiger charge is -2.17. The Morgan fingerprint density at radius 1 is 0.964 bits per heavy atom. The van der Waals surface area contributed by atoms with Crippen molar-refractivity contribution in [2.24, 2.45) is 0 Å². The van der Waals surface area contributed by atoms with Crippen molar-refractivity contribution in [2.75, 3.05) is 0 Å². The van der Waals surface area contributed by atoms with E-state index in [4.69, 9.17) is 23.2 Å². The van der Waals surface area contributed by atoms with E-state index in [1.54, 1.807) is 36.4 Å². The molecule has 0 aromatic heterocycles. The van der Waals surface area contributed by atoms with Gasteiger partial charge in [-0.15, -0.1) is 11.8 Å². The number of ketones is 1. The third-order valence-corrected chi connectivity index (χ3v) is 6.81. The van der Waals surface area contributed by atoms with Crippen molar-refractivity contribution < 1.29 is 8.68 Å². The van der Waals surface area contributed by atoms with Crippen LogP contribution in [0.1, 0.15) is 15.9 Å². The summed E-state index contributed by atoms with van der Waals surface area (Å²) in [6, 6.07) is 19.6. The van der Waals surface area contributed by atoms with Crippen LogP contribution < -0.4 is 0 Å². The SMILES string of the molecule is O=C(c1ccc(SF)cc1)C(Cc1ccc(Cl)cc1Cl)Sc1ccc(Br)cc1. The molecule has 0 amide bonds. The van der Waals surface area contributed by atoms with Crippen LogP contribution in [0.5, 0.6) is 0 Å². The summed E-state index contributed by atoms with van der Waals surface area (Å²) in [7, 11) is 0. The molecule has 0 heterocycles. The third kappa shape index (κ3) is 5.77. The third-order valence-electron chi connectivity index (χ3n) is 4.03. The van der Waals surface area contributed by atoms with Crippen LogP contribution in [0.4, 0.5) is 3.89 Å². The van der Waals surface area contributed by atoms with Gasteiger partial charge in [-0.05, 0) is 60.5 Å². The average molecular weight is 516 g/mol. The predicted octanol–water partition coefficient (Wildman–Crippen LogP) is 8.32. The van der Waals surface area contributed by atoms with Gasteiger partial charge in [-0.2, -0.15) is 3.89 Å². The summed E-state index contributed by atoms with van der Waals surface area (Å²) in [5.41, 5.74) is 1.39. The van der Waals surface area contributed by atoms with Crippen molar-refractivity contribution in [3.05, 3.63) is 92.4 Å². The highest BCUT2D eigenvalue weighted by molar-refractivity contribution is 9.10. The van der Waals surface area contributed by atoms with Crippen LogP contribution in [0.25, 0.3) is 0 Å². The monoisotopic (exact) mass is 514 g/mol. The molecule has 0 spiro atoms. The number of rotatable bonds is 7. The molecule has 0 radical (unpaired) electrons. The summed E-state index contributed by atoms with van der Waals surface area (Å²) in [5, 5.41) is 0.700. The molecule has 0 fully saturated rings. The first-order valence-electron chi connectivity index (χ1n) is 8.25. The van der Waals surface area contributed by atoms with E-state index >= 15 is 0 Å². The van der Waals surface area contributed by atoms with Crippen molar-refractivity contribution in [1.82, 2.24) is 0 Å². The van der Waals surface area contributed by atoms with Gasteiger partial charge in [-0.25, -0.2) is 0 Å². The summed E-state index contributed by atoms with van der Waals surface area (Å²) >= 11 is 17.4. The number of hydrogen-bond acceptors (Lipinski definition) is 3. The minimum atomic E-state index is -0.385. The lowest BCUT2D eigenvalue weighted by molar-refractivity contribution is 0.0989. The zero-order chi connectivity index (χ0) is 20.1. The van der Waals surface area contributed by atoms with Gasteiger partial charge in [0.1, 0.15) is 0 Å². The topological polar surface area (TPSA) is 17.1 Å². The van der Waals surface area contributed by atoms with Gasteiger partial charge in [0.05, 0.1) is 17.4 Å². The van der Waals surface area contributed by atoms with Crippen LogP contribution in [-0.2, 0) is 6.42 Å². The van der Waals surface area contributed by atoms with Gasteiger partial charge in [0, 0.05) is 29.9 Å². The molecular weight excluding hydrogens is 502 g/mol. The predicted molar refractivity (Wildman–Crippen MR) is 122 cm³/mol. The molecule has 0 bridgehead atoms. The normalized spacial score (nSPS) is 12.0. The van der Waals surface area contributed by atoms with Crippen molar-refractivity contribution in [1.29, 1.82) is 0 Å². The fraction of sp³-hybridized carbons (Fsp3) is 0.0952. The van der Waals surface area contributed by atoms with E-state index in [2.05, 4.69) is 15.9 Å². The summed E-state index contributed by atoms with van der Waals surface area (Å²) in [5.74, 6) is -0.0330. The highest BCUT2D eigenvalue weighted by Crippen LogP contribution is 2.32. The maximum atomic E-state index is 13.2. The zero-order valence-electron chi connectivity index (χ0n) is 14.4.